The summed E-state index contributed by atoms with van der Waals surface area (Å²) in [5.41, 5.74) is 0.353. The summed E-state index contributed by atoms with van der Waals surface area (Å²) >= 11 is 0. The number of methoxy groups -OCH3 is 1. The smallest absolute Gasteiger partial charge is 0.326 e. The topological polar surface area (TPSA) is 128 Å². The fourth-order valence-electron chi connectivity index (χ4n) is 6.17. The average molecular weight is 586 g/mol. The predicted molar refractivity (Wildman–Crippen MR) is 151 cm³/mol. The van der Waals surface area contributed by atoms with Crippen molar-refractivity contribution in [1.82, 2.24) is 14.9 Å². The molecule has 228 valence electrons. The van der Waals surface area contributed by atoms with Crippen molar-refractivity contribution in [2.24, 2.45) is 23.2 Å². The highest BCUT2D eigenvalue weighted by Crippen LogP contribution is 2.42. The molecule has 3 aliphatic rings. The molecule has 0 spiro atoms. The van der Waals surface area contributed by atoms with Gasteiger partial charge < -0.3 is 24.2 Å². The quantitative estimate of drug-likeness (QED) is 0.490. The number of hydrogen-bond donors (Lipinski definition) is 1. The number of carbonyl (C=O) groups excluding carboxylic acids is 2. The summed E-state index contributed by atoms with van der Waals surface area (Å²) in [7, 11) is 1.53. The maximum atomic E-state index is 15.8. The van der Waals surface area contributed by atoms with Crippen LogP contribution in [0.5, 0.6) is 11.6 Å². The SMILES string of the molecule is COc1ccc2nc3c(nc2c1)O[C@H]1CN(C(=O)[C@H](C(C)(C)C)CC(=O)O[C@@H]2C[C@H]2CCCCC3F)[C@H](C(=O)O)[C@@H]1C. The molecule has 3 heterocycles. The van der Waals surface area contributed by atoms with Gasteiger partial charge in [0.2, 0.25) is 11.8 Å². The van der Waals surface area contributed by atoms with E-state index in [4.69, 9.17) is 14.2 Å². The third kappa shape index (κ3) is 6.15. The van der Waals surface area contributed by atoms with Crippen LogP contribution >= 0.6 is 0 Å². The molecule has 2 aromatic rings. The van der Waals surface area contributed by atoms with Gasteiger partial charge in [0.25, 0.3) is 0 Å². The van der Waals surface area contributed by atoms with Crippen LogP contribution in [0.25, 0.3) is 11.0 Å². The fraction of sp³-hybridized carbons (Fsp3) is 0.645. The summed E-state index contributed by atoms with van der Waals surface area (Å²) in [4.78, 5) is 49.9. The van der Waals surface area contributed by atoms with Crippen molar-refractivity contribution in [3.63, 3.8) is 0 Å². The number of esters is 1. The maximum absolute atomic E-state index is 15.8. The highest BCUT2D eigenvalue weighted by atomic mass is 19.1. The molecule has 1 aromatic heterocycles. The van der Waals surface area contributed by atoms with Crippen LogP contribution in [-0.4, -0.2) is 69.7 Å². The van der Waals surface area contributed by atoms with Crippen LogP contribution in [0.2, 0.25) is 0 Å². The molecular weight excluding hydrogens is 545 g/mol. The second-order valence-electron chi connectivity index (χ2n) is 13.0. The van der Waals surface area contributed by atoms with Gasteiger partial charge in [0.1, 0.15) is 35.9 Å². The third-order valence-electron chi connectivity index (χ3n) is 8.89. The number of amides is 1. The Hall–Kier alpha value is -3.50. The van der Waals surface area contributed by atoms with Crippen molar-refractivity contribution in [3.05, 3.63) is 23.9 Å². The monoisotopic (exact) mass is 585 g/mol. The largest absolute Gasteiger partial charge is 0.497 e. The summed E-state index contributed by atoms with van der Waals surface area (Å²) in [6.45, 7) is 7.19. The minimum absolute atomic E-state index is 0.0159. The van der Waals surface area contributed by atoms with Crippen molar-refractivity contribution in [2.75, 3.05) is 13.7 Å². The van der Waals surface area contributed by atoms with Crippen LogP contribution in [0.1, 0.15) is 78.1 Å². The molecule has 5 rings (SSSR count). The molecule has 1 aromatic carbocycles. The number of carbonyl (C=O) groups is 3. The lowest BCUT2D eigenvalue weighted by atomic mass is 9.77. The van der Waals surface area contributed by atoms with E-state index >= 15 is 4.39 Å². The van der Waals surface area contributed by atoms with Gasteiger partial charge in [0.15, 0.2) is 0 Å². The number of nitrogens with zero attached hydrogens (tertiary/aromatic N) is 3. The number of fused-ring (bicyclic) bond motifs is 5. The first-order valence-electron chi connectivity index (χ1n) is 14.8. The number of halogens is 1. The molecule has 2 fully saturated rings. The molecule has 11 heteroatoms. The summed E-state index contributed by atoms with van der Waals surface area (Å²) < 4.78 is 33.1. The lowest BCUT2D eigenvalue weighted by Gasteiger charge is -2.34. The van der Waals surface area contributed by atoms with Crippen molar-refractivity contribution in [2.45, 2.75) is 90.6 Å². The Morgan fingerprint density at radius 3 is 2.52 bits per heavy atom. The van der Waals surface area contributed by atoms with Crippen LogP contribution in [0, 0.1) is 23.2 Å². The van der Waals surface area contributed by atoms with Gasteiger partial charge in [0, 0.05) is 12.0 Å². The molecule has 0 radical (unpaired) electrons. The molecule has 1 saturated carbocycles. The van der Waals surface area contributed by atoms with Gasteiger partial charge in [-0.25, -0.2) is 19.2 Å². The van der Waals surface area contributed by atoms with Crippen LogP contribution in [0.3, 0.4) is 0 Å². The molecular formula is C31H40FN3O7. The fourth-order valence-corrected chi connectivity index (χ4v) is 6.17. The van der Waals surface area contributed by atoms with Gasteiger partial charge >= 0.3 is 11.9 Å². The third-order valence-corrected chi connectivity index (χ3v) is 8.89. The molecule has 7 atom stereocenters. The van der Waals surface area contributed by atoms with Crippen LogP contribution in [0.4, 0.5) is 4.39 Å². The number of carboxylic acid groups (broad SMARTS) is 1. The molecule has 42 heavy (non-hydrogen) atoms. The zero-order valence-electron chi connectivity index (χ0n) is 24.8. The Balaban J connectivity index is 1.54. The lowest BCUT2D eigenvalue weighted by Crippen LogP contribution is -2.48. The van der Waals surface area contributed by atoms with Crippen molar-refractivity contribution in [1.29, 1.82) is 0 Å². The van der Waals surface area contributed by atoms with Crippen LogP contribution in [-0.2, 0) is 19.1 Å². The Morgan fingerprint density at radius 2 is 1.83 bits per heavy atom. The summed E-state index contributed by atoms with van der Waals surface area (Å²) in [6.07, 6.45) is 0.563. The zero-order chi connectivity index (χ0) is 30.3. The summed E-state index contributed by atoms with van der Waals surface area (Å²) in [6, 6.07) is 3.91. The average Bonchev–Trinajstić information content (AvgIpc) is 3.58. The number of benzene rings is 1. The van der Waals surface area contributed by atoms with Gasteiger partial charge in [0.05, 0.1) is 37.0 Å². The normalized spacial score (nSPS) is 30.8. The van der Waals surface area contributed by atoms with E-state index < -0.39 is 53.4 Å². The summed E-state index contributed by atoms with van der Waals surface area (Å²) in [5, 5.41) is 10.2. The van der Waals surface area contributed by atoms with Gasteiger partial charge in [-0.3, -0.25) is 9.59 Å². The van der Waals surface area contributed by atoms with E-state index in [9.17, 15) is 19.5 Å². The van der Waals surface area contributed by atoms with Gasteiger partial charge in [-0.1, -0.05) is 40.5 Å². The highest BCUT2D eigenvalue weighted by molar-refractivity contribution is 5.89. The van der Waals surface area contributed by atoms with E-state index in [1.165, 1.54) is 12.0 Å². The first-order chi connectivity index (χ1) is 19.9. The molecule has 2 aliphatic heterocycles. The number of aliphatic carboxylic acids is 1. The zero-order valence-corrected chi connectivity index (χ0v) is 24.8. The Morgan fingerprint density at radius 1 is 1.10 bits per heavy atom. The number of rotatable bonds is 2. The van der Waals surface area contributed by atoms with E-state index in [-0.39, 0.29) is 43.0 Å². The first-order valence-corrected chi connectivity index (χ1v) is 14.8. The molecule has 1 aliphatic carbocycles. The van der Waals surface area contributed by atoms with Crippen molar-refractivity contribution in [3.8, 4) is 11.6 Å². The van der Waals surface area contributed by atoms with Crippen molar-refractivity contribution < 1.29 is 38.1 Å². The highest BCUT2D eigenvalue weighted by Gasteiger charge is 2.51. The standard InChI is InChI=1S/C31H40FN3O7/c1-16-24-15-35(27(16)30(38)39)29(37)19(31(2,3)4)14-25(36)41-23-12-17(23)8-6-7-9-20(32)26-28(42-24)34-22-13-18(40-5)10-11-21(22)33-26/h10-11,13,16-17,19-20,23-24,27H,6-9,12,14-15H2,1-5H3,(H,38,39)/t16-,17-,19-,20?,23-,24+,27+/m1/s1. The van der Waals surface area contributed by atoms with Crippen LogP contribution in [0.15, 0.2) is 18.2 Å². The molecule has 1 N–H and O–H groups in total. The van der Waals surface area contributed by atoms with E-state index in [1.807, 2.05) is 20.8 Å². The Bertz CT molecular complexity index is 1360. The number of ether oxygens (including phenoxy) is 3. The predicted octanol–water partition coefficient (Wildman–Crippen LogP) is 4.89. The minimum atomic E-state index is -1.46. The second kappa shape index (κ2) is 11.6. The second-order valence-corrected chi connectivity index (χ2v) is 13.0. The van der Waals surface area contributed by atoms with E-state index in [0.717, 1.165) is 19.3 Å². The van der Waals surface area contributed by atoms with Crippen molar-refractivity contribution >= 4 is 28.9 Å². The molecule has 1 unspecified atom stereocenters. The molecule has 1 saturated heterocycles. The van der Waals surface area contributed by atoms with Gasteiger partial charge in [-0.2, -0.15) is 0 Å². The van der Waals surface area contributed by atoms with E-state index in [0.29, 0.717) is 23.2 Å². The Labute approximate surface area is 244 Å². The van der Waals surface area contributed by atoms with E-state index in [2.05, 4.69) is 9.97 Å². The lowest BCUT2D eigenvalue weighted by molar-refractivity contribution is -0.157. The number of carboxylic acids is 1. The van der Waals surface area contributed by atoms with Gasteiger partial charge in [-0.05, 0) is 42.7 Å². The maximum Gasteiger partial charge on any atom is 0.326 e. The first kappa shape index (κ1) is 30.0. The van der Waals surface area contributed by atoms with E-state index in [1.54, 1.807) is 25.1 Å². The molecule has 10 nitrogen and oxygen atoms in total. The number of aromatic nitrogens is 2. The summed E-state index contributed by atoms with van der Waals surface area (Å²) in [5.74, 6) is -2.78. The molecule has 1 amide bonds. The minimum Gasteiger partial charge on any atom is -0.497 e. The Kier molecular flexibility index (Phi) is 8.31. The number of alkyl halides is 1. The number of hydrogen-bond acceptors (Lipinski definition) is 8. The molecule has 2 bridgehead atoms. The van der Waals surface area contributed by atoms with Crippen LogP contribution < -0.4 is 9.47 Å². The van der Waals surface area contributed by atoms with Gasteiger partial charge in [-0.15, -0.1) is 0 Å².